The Labute approximate surface area is 134 Å². The zero-order chi connectivity index (χ0) is 16.1. The van der Waals surface area contributed by atoms with Crippen molar-refractivity contribution in [1.29, 1.82) is 0 Å². The molecule has 23 heavy (non-hydrogen) atoms. The monoisotopic (exact) mass is 327 g/mol. The number of aryl methyl sites for hydroxylation is 2. The molecule has 0 bridgehead atoms. The number of hydrogen-bond donors (Lipinski definition) is 1. The average Bonchev–Trinajstić information content (AvgIpc) is 3.15. The van der Waals surface area contributed by atoms with E-state index in [1.807, 2.05) is 17.4 Å². The Bertz CT molecular complexity index is 1110. The molecule has 116 valence electrons. The number of aromatic amines is 1. The van der Waals surface area contributed by atoms with Gasteiger partial charge >= 0.3 is 5.76 Å². The zero-order valence-electron chi connectivity index (χ0n) is 12.5. The van der Waals surface area contributed by atoms with Crippen LogP contribution in [0.2, 0.25) is 0 Å². The third-order valence-corrected chi connectivity index (χ3v) is 4.94. The third kappa shape index (κ3) is 1.97. The Hall–Kier alpha value is -2.67. The second-order valence-corrected chi connectivity index (χ2v) is 6.45. The van der Waals surface area contributed by atoms with E-state index in [0.29, 0.717) is 22.5 Å². The molecule has 6 nitrogen and oxygen atoms in total. The van der Waals surface area contributed by atoms with Crippen LogP contribution in [0.3, 0.4) is 0 Å². The first-order valence-corrected chi connectivity index (χ1v) is 8.03. The Balaban J connectivity index is 2.01. The highest BCUT2D eigenvalue weighted by atomic mass is 32.1. The lowest BCUT2D eigenvalue weighted by Crippen LogP contribution is -1.97. The summed E-state index contributed by atoms with van der Waals surface area (Å²) in [6.07, 6.45) is 1.66. The van der Waals surface area contributed by atoms with Crippen molar-refractivity contribution in [2.24, 2.45) is 0 Å². The quantitative estimate of drug-likeness (QED) is 0.586. The highest BCUT2D eigenvalue weighted by molar-refractivity contribution is 7.17. The molecule has 0 radical (unpaired) electrons. The molecule has 0 saturated heterocycles. The maximum atomic E-state index is 11.7. The number of aromatic nitrogens is 3. The van der Waals surface area contributed by atoms with E-state index in [1.54, 1.807) is 23.5 Å². The highest BCUT2D eigenvalue weighted by Gasteiger charge is 2.19. The molecule has 7 heteroatoms. The van der Waals surface area contributed by atoms with Gasteiger partial charge in [0.1, 0.15) is 11.4 Å². The first-order chi connectivity index (χ1) is 11.1. The largest absolute Gasteiger partial charge is 0.417 e. The summed E-state index contributed by atoms with van der Waals surface area (Å²) >= 11 is 1.57. The SMILES string of the molecule is CCc1c(C)sc2nc(-c3ccc4[nH]c(=O)oc4c3)c(C=O)n12. The Morgan fingerprint density at radius 1 is 1.43 bits per heavy atom. The molecule has 0 amide bonds. The summed E-state index contributed by atoms with van der Waals surface area (Å²) in [7, 11) is 0. The Morgan fingerprint density at radius 2 is 2.26 bits per heavy atom. The van der Waals surface area contributed by atoms with E-state index in [2.05, 4.69) is 16.9 Å². The van der Waals surface area contributed by atoms with Crippen LogP contribution in [0.25, 0.3) is 27.3 Å². The molecule has 0 aliphatic heterocycles. The second-order valence-electron chi connectivity index (χ2n) is 5.27. The summed E-state index contributed by atoms with van der Waals surface area (Å²) in [4.78, 5) is 32.1. The lowest BCUT2D eigenvalue weighted by atomic mass is 10.1. The highest BCUT2D eigenvalue weighted by Crippen LogP contribution is 2.31. The predicted molar refractivity (Wildman–Crippen MR) is 88.4 cm³/mol. The van der Waals surface area contributed by atoms with Crippen molar-refractivity contribution in [3.8, 4) is 11.3 Å². The number of hydrogen-bond acceptors (Lipinski definition) is 5. The van der Waals surface area contributed by atoms with E-state index in [0.717, 1.165) is 33.8 Å². The van der Waals surface area contributed by atoms with Gasteiger partial charge in [0.2, 0.25) is 0 Å². The van der Waals surface area contributed by atoms with Gasteiger partial charge in [-0.05, 0) is 25.5 Å². The van der Waals surface area contributed by atoms with Crippen molar-refractivity contribution < 1.29 is 9.21 Å². The van der Waals surface area contributed by atoms with E-state index in [9.17, 15) is 9.59 Å². The molecule has 4 aromatic rings. The lowest BCUT2D eigenvalue weighted by Gasteiger charge is -2.01. The van der Waals surface area contributed by atoms with E-state index >= 15 is 0 Å². The number of carbonyl (C=O) groups is 1. The Morgan fingerprint density at radius 3 is 3.00 bits per heavy atom. The van der Waals surface area contributed by atoms with Gasteiger partial charge in [0, 0.05) is 16.1 Å². The molecule has 1 N–H and O–H groups in total. The van der Waals surface area contributed by atoms with Crippen LogP contribution in [-0.2, 0) is 6.42 Å². The second kappa shape index (κ2) is 4.92. The first kappa shape index (κ1) is 14.0. The van der Waals surface area contributed by atoms with Crippen molar-refractivity contribution in [2.45, 2.75) is 20.3 Å². The van der Waals surface area contributed by atoms with Gasteiger partial charge in [-0.2, -0.15) is 0 Å². The molecule has 0 unspecified atom stereocenters. The Kier molecular flexibility index (Phi) is 2.99. The lowest BCUT2D eigenvalue weighted by molar-refractivity contribution is 0.111. The summed E-state index contributed by atoms with van der Waals surface area (Å²) in [5.41, 5.74) is 4.05. The number of rotatable bonds is 3. The van der Waals surface area contributed by atoms with Gasteiger partial charge in [-0.25, -0.2) is 9.78 Å². The summed E-state index contributed by atoms with van der Waals surface area (Å²) in [6, 6.07) is 5.31. The smallest absolute Gasteiger partial charge is 0.408 e. The summed E-state index contributed by atoms with van der Waals surface area (Å²) in [5.74, 6) is -0.498. The van der Waals surface area contributed by atoms with Crippen LogP contribution in [-0.4, -0.2) is 20.7 Å². The van der Waals surface area contributed by atoms with Crippen LogP contribution < -0.4 is 5.76 Å². The van der Waals surface area contributed by atoms with Gasteiger partial charge in [-0.15, -0.1) is 11.3 Å². The van der Waals surface area contributed by atoms with Gasteiger partial charge in [0.05, 0.1) is 5.52 Å². The normalized spacial score (nSPS) is 11.6. The van der Waals surface area contributed by atoms with E-state index in [4.69, 9.17) is 4.42 Å². The van der Waals surface area contributed by atoms with Gasteiger partial charge < -0.3 is 4.42 Å². The summed E-state index contributed by atoms with van der Waals surface area (Å²) in [5, 5.41) is 0. The number of thiazole rings is 1. The fourth-order valence-corrected chi connectivity index (χ4v) is 3.98. The fourth-order valence-electron chi connectivity index (χ4n) is 2.92. The number of nitrogens with one attached hydrogen (secondary N) is 1. The number of nitrogens with zero attached hydrogens (tertiary/aromatic N) is 2. The standard InChI is InChI=1S/C16H13N3O3S/c1-3-11-8(2)23-15-18-14(12(7-20)19(11)15)9-4-5-10-13(6-9)22-16(21)17-10/h4-7H,3H2,1-2H3,(H,17,21). The molecular formula is C16H13N3O3S. The number of benzene rings is 1. The number of carbonyl (C=O) groups excluding carboxylic acids is 1. The fraction of sp³-hybridized carbons (Fsp3) is 0.188. The molecule has 3 aromatic heterocycles. The first-order valence-electron chi connectivity index (χ1n) is 7.21. The van der Waals surface area contributed by atoms with E-state index in [1.165, 1.54) is 0 Å². The van der Waals surface area contributed by atoms with Crippen molar-refractivity contribution in [2.75, 3.05) is 0 Å². The summed E-state index contributed by atoms with van der Waals surface area (Å²) in [6.45, 7) is 4.09. The molecule has 0 saturated carbocycles. The molecule has 0 aliphatic carbocycles. The molecule has 0 atom stereocenters. The minimum atomic E-state index is -0.498. The molecule has 1 aromatic carbocycles. The number of H-pyrrole nitrogens is 1. The molecule has 3 heterocycles. The van der Waals surface area contributed by atoms with Crippen LogP contribution in [0.5, 0.6) is 0 Å². The van der Waals surface area contributed by atoms with Gasteiger partial charge in [0.15, 0.2) is 16.8 Å². The maximum Gasteiger partial charge on any atom is 0.417 e. The minimum Gasteiger partial charge on any atom is -0.408 e. The number of oxazole rings is 1. The van der Waals surface area contributed by atoms with Gasteiger partial charge in [-0.1, -0.05) is 13.0 Å². The molecular weight excluding hydrogens is 314 g/mol. The van der Waals surface area contributed by atoms with Crippen LogP contribution in [0, 0.1) is 6.92 Å². The maximum absolute atomic E-state index is 11.7. The topological polar surface area (TPSA) is 80.4 Å². The van der Waals surface area contributed by atoms with Gasteiger partial charge in [-0.3, -0.25) is 14.2 Å². The van der Waals surface area contributed by atoms with Crippen molar-refractivity contribution in [3.05, 3.63) is 45.0 Å². The minimum absolute atomic E-state index is 0.451. The van der Waals surface area contributed by atoms with Crippen LogP contribution in [0.4, 0.5) is 0 Å². The molecule has 0 fully saturated rings. The van der Waals surface area contributed by atoms with Crippen molar-refractivity contribution in [1.82, 2.24) is 14.4 Å². The summed E-state index contributed by atoms with van der Waals surface area (Å²) < 4.78 is 7.01. The van der Waals surface area contributed by atoms with E-state index in [-0.39, 0.29) is 0 Å². The predicted octanol–water partition coefficient (Wildman–Crippen LogP) is 3.18. The van der Waals surface area contributed by atoms with E-state index < -0.39 is 5.76 Å². The molecule has 0 spiro atoms. The van der Waals surface area contributed by atoms with Crippen molar-refractivity contribution in [3.63, 3.8) is 0 Å². The number of fused-ring (bicyclic) bond motifs is 2. The average molecular weight is 327 g/mol. The van der Waals surface area contributed by atoms with Gasteiger partial charge in [0.25, 0.3) is 0 Å². The van der Waals surface area contributed by atoms with Crippen LogP contribution >= 0.6 is 11.3 Å². The third-order valence-electron chi connectivity index (χ3n) is 3.94. The number of imidazole rings is 1. The number of aldehydes is 1. The van der Waals surface area contributed by atoms with Crippen LogP contribution in [0.15, 0.2) is 27.4 Å². The molecule has 4 rings (SSSR count). The van der Waals surface area contributed by atoms with Crippen LogP contribution in [0.1, 0.15) is 28.0 Å². The molecule has 0 aliphatic rings. The zero-order valence-corrected chi connectivity index (χ0v) is 13.4. The van der Waals surface area contributed by atoms with Crippen molar-refractivity contribution >= 4 is 33.7 Å².